The molecule has 29 heavy (non-hydrogen) atoms. The molecule has 7 nitrogen and oxygen atoms in total. The Morgan fingerprint density at radius 3 is 2.34 bits per heavy atom. The molecular formula is C18H33F3IN5O2. The molecule has 170 valence electrons. The number of alkyl halides is 3. The smallest absolute Gasteiger partial charge is 0.379 e. The molecule has 1 aromatic heterocycles. The summed E-state index contributed by atoms with van der Waals surface area (Å²) in [5, 5.41) is 16.2. The number of methoxy groups -OCH3 is 1. The molecule has 2 atom stereocenters. The topological polar surface area (TPSA) is 83.7 Å². The Hall–Kier alpha value is -1.08. The molecule has 1 heterocycles. The van der Waals surface area contributed by atoms with Crippen molar-refractivity contribution in [3.05, 3.63) is 18.2 Å². The van der Waals surface area contributed by atoms with Crippen LogP contribution in [0.3, 0.4) is 0 Å². The van der Waals surface area contributed by atoms with E-state index < -0.39 is 24.0 Å². The molecular weight excluding hydrogens is 502 g/mol. The van der Waals surface area contributed by atoms with Crippen molar-refractivity contribution in [3.63, 3.8) is 0 Å². The van der Waals surface area contributed by atoms with Gasteiger partial charge < -0.3 is 25.0 Å². The van der Waals surface area contributed by atoms with E-state index in [0.29, 0.717) is 19.0 Å². The zero-order chi connectivity index (χ0) is 21.6. The Kier molecular flexibility index (Phi) is 10.9. The van der Waals surface area contributed by atoms with Gasteiger partial charge in [-0.05, 0) is 12.3 Å². The molecule has 2 unspecified atom stereocenters. The number of nitrogens with one attached hydrogen (secondary N) is 2. The van der Waals surface area contributed by atoms with Gasteiger partial charge in [-0.25, -0.2) is 4.98 Å². The summed E-state index contributed by atoms with van der Waals surface area (Å²) in [5.41, 5.74) is -3.19. The van der Waals surface area contributed by atoms with Gasteiger partial charge in [0.2, 0.25) is 5.60 Å². The maximum absolute atomic E-state index is 13.6. The van der Waals surface area contributed by atoms with Gasteiger partial charge in [-0.2, -0.15) is 13.2 Å². The Morgan fingerprint density at radius 1 is 1.31 bits per heavy atom. The second kappa shape index (κ2) is 11.3. The van der Waals surface area contributed by atoms with E-state index in [1.54, 1.807) is 7.11 Å². The molecule has 0 radical (unpaired) electrons. The Balaban J connectivity index is 0.00000784. The lowest BCUT2D eigenvalue weighted by Gasteiger charge is -2.30. The van der Waals surface area contributed by atoms with Crippen LogP contribution in [0.4, 0.5) is 13.2 Å². The van der Waals surface area contributed by atoms with Crippen molar-refractivity contribution >= 4 is 29.9 Å². The molecule has 1 rings (SSSR count). The number of imidazole rings is 1. The number of hydrogen-bond acceptors (Lipinski definition) is 4. The molecule has 0 amide bonds. The molecule has 0 bridgehead atoms. The largest absolute Gasteiger partial charge is 0.424 e. The summed E-state index contributed by atoms with van der Waals surface area (Å²) in [4.78, 5) is 8.09. The molecule has 0 aliphatic heterocycles. The Bertz CT molecular complexity index is 646. The Labute approximate surface area is 187 Å². The van der Waals surface area contributed by atoms with Crippen molar-refractivity contribution < 1.29 is 23.0 Å². The average Bonchev–Trinajstić information content (AvgIpc) is 2.99. The lowest BCUT2D eigenvalue weighted by Crippen LogP contribution is -2.48. The van der Waals surface area contributed by atoms with E-state index in [4.69, 9.17) is 4.74 Å². The quantitative estimate of drug-likeness (QED) is 0.271. The van der Waals surface area contributed by atoms with Gasteiger partial charge in [0.15, 0.2) is 5.96 Å². The lowest BCUT2D eigenvalue weighted by molar-refractivity contribution is -0.272. The summed E-state index contributed by atoms with van der Waals surface area (Å²) < 4.78 is 47.3. The molecule has 0 saturated heterocycles. The maximum atomic E-state index is 13.6. The van der Waals surface area contributed by atoms with Crippen LogP contribution < -0.4 is 10.6 Å². The monoisotopic (exact) mass is 535 g/mol. The Morgan fingerprint density at radius 2 is 1.93 bits per heavy atom. The predicted octanol–water partition coefficient (Wildman–Crippen LogP) is 2.79. The van der Waals surface area contributed by atoms with Crippen LogP contribution in [-0.4, -0.2) is 59.6 Å². The van der Waals surface area contributed by atoms with Crippen LogP contribution in [0.2, 0.25) is 0 Å². The highest BCUT2D eigenvalue weighted by Gasteiger charge is 2.57. The fourth-order valence-corrected chi connectivity index (χ4v) is 2.72. The molecule has 0 saturated carbocycles. The van der Waals surface area contributed by atoms with Crippen LogP contribution in [0.15, 0.2) is 17.4 Å². The first-order chi connectivity index (χ1) is 12.9. The number of nitrogens with zero attached hydrogens (tertiary/aromatic N) is 3. The molecule has 3 N–H and O–H groups in total. The van der Waals surface area contributed by atoms with Crippen LogP contribution in [0.5, 0.6) is 0 Å². The molecule has 0 aliphatic carbocycles. The second-order valence-corrected chi connectivity index (χ2v) is 7.71. The van der Waals surface area contributed by atoms with E-state index in [0.717, 1.165) is 0 Å². The molecule has 0 aliphatic rings. The fraction of sp³-hybridized carbons (Fsp3) is 0.778. The van der Waals surface area contributed by atoms with E-state index in [1.807, 2.05) is 27.7 Å². The number of rotatable bonds is 8. The van der Waals surface area contributed by atoms with Gasteiger partial charge in [0.1, 0.15) is 5.82 Å². The van der Waals surface area contributed by atoms with Crippen LogP contribution in [0.1, 0.15) is 39.9 Å². The van der Waals surface area contributed by atoms with Gasteiger partial charge in [0.25, 0.3) is 0 Å². The van der Waals surface area contributed by atoms with Crippen molar-refractivity contribution in [3.8, 4) is 0 Å². The number of aliphatic hydroxyl groups is 1. The van der Waals surface area contributed by atoms with Gasteiger partial charge in [0.05, 0.1) is 12.6 Å². The number of halogens is 4. The van der Waals surface area contributed by atoms with Gasteiger partial charge in [-0.1, -0.05) is 20.8 Å². The summed E-state index contributed by atoms with van der Waals surface area (Å²) in [6, 6.07) is 0. The van der Waals surface area contributed by atoms with Crippen molar-refractivity contribution in [1.29, 1.82) is 0 Å². The third-order valence-corrected chi connectivity index (χ3v) is 4.45. The van der Waals surface area contributed by atoms with Gasteiger partial charge in [-0.15, -0.1) is 24.0 Å². The van der Waals surface area contributed by atoms with E-state index in [9.17, 15) is 18.3 Å². The third-order valence-electron chi connectivity index (χ3n) is 4.45. The van der Waals surface area contributed by atoms with Crippen LogP contribution in [-0.2, 0) is 17.4 Å². The highest BCUT2D eigenvalue weighted by molar-refractivity contribution is 14.0. The number of ether oxygens (including phenoxy) is 1. The summed E-state index contributed by atoms with van der Waals surface area (Å²) >= 11 is 0. The standard InChI is InChI=1S/C18H32F3N5O2.HI/c1-7-22-15(25-12-13(28-6)16(2,3)4)24-9-8-17(27,18(19,20)21)14-23-10-11-26(14)5;/h10-11,13,27H,7-9,12H2,1-6H3,(H2,22,24,25);1H. The summed E-state index contributed by atoms with van der Waals surface area (Å²) in [7, 11) is 3.01. The van der Waals surface area contributed by atoms with Crippen LogP contribution >= 0.6 is 24.0 Å². The van der Waals surface area contributed by atoms with Gasteiger partial charge in [0, 0.05) is 46.1 Å². The number of guanidine groups is 1. The molecule has 0 aromatic carbocycles. The summed E-state index contributed by atoms with van der Waals surface area (Å²) in [5.74, 6) is -0.0888. The minimum absolute atomic E-state index is 0. The first kappa shape index (κ1) is 27.9. The minimum Gasteiger partial charge on any atom is -0.379 e. The van der Waals surface area contributed by atoms with Crippen molar-refractivity contribution in [2.45, 2.75) is 52.0 Å². The minimum atomic E-state index is -4.86. The highest BCUT2D eigenvalue weighted by atomic mass is 127. The average molecular weight is 535 g/mol. The molecule has 11 heteroatoms. The first-order valence-electron chi connectivity index (χ1n) is 9.18. The van der Waals surface area contributed by atoms with Crippen molar-refractivity contribution in [2.75, 3.05) is 26.7 Å². The highest BCUT2D eigenvalue weighted by Crippen LogP contribution is 2.40. The fourth-order valence-electron chi connectivity index (χ4n) is 2.72. The van der Waals surface area contributed by atoms with E-state index in [1.165, 1.54) is 24.0 Å². The van der Waals surface area contributed by atoms with Crippen LogP contribution in [0.25, 0.3) is 0 Å². The van der Waals surface area contributed by atoms with Gasteiger partial charge >= 0.3 is 6.18 Å². The maximum Gasteiger partial charge on any atom is 0.424 e. The van der Waals surface area contributed by atoms with E-state index >= 15 is 0 Å². The van der Waals surface area contributed by atoms with E-state index in [2.05, 4.69) is 20.6 Å². The van der Waals surface area contributed by atoms with Crippen LogP contribution in [0, 0.1) is 5.41 Å². The second-order valence-electron chi connectivity index (χ2n) is 7.71. The first-order valence-corrected chi connectivity index (χ1v) is 9.18. The molecule has 0 fully saturated rings. The number of aryl methyl sites for hydroxylation is 1. The van der Waals surface area contributed by atoms with Crippen molar-refractivity contribution in [1.82, 2.24) is 20.2 Å². The number of hydrogen-bond donors (Lipinski definition) is 3. The molecule has 0 spiro atoms. The lowest BCUT2D eigenvalue weighted by atomic mass is 9.89. The van der Waals surface area contributed by atoms with Gasteiger partial charge in [-0.3, -0.25) is 4.99 Å². The zero-order valence-electron chi connectivity index (χ0n) is 17.8. The zero-order valence-corrected chi connectivity index (χ0v) is 20.1. The number of aliphatic imine (C=N–C) groups is 1. The normalized spacial score (nSPS) is 16.0. The summed E-state index contributed by atoms with van der Waals surface area (Å²) in [6.07, 6.45) is -3.04. The molecule has 1 aromatic rings. The summed E-state index contributed by atoms with van der Waals surface area (Å²) in [6.45, 7) is 8.66. The number of aromatic nitrogens is 2. The van der Waals surface area contributed by atoms with E-state index in [-0.39, 0.29) is 42.0 Å². The SMILES string of the molecule is CCNC(=NCC(OC)C(C)(C)C)NCCC(O)(c1nccn1C)C(F)(F)F.I. The predicted molar refractivity (Wildman–Crippen MR) is 117 cm³/mol. The van der Waals surface area contributed by atoms with Crippen molar-refractivity contribution in [2.24, 2.45) is 17.5 Å². The third kappa shape index (κ3) is 7.59.